The summed E-state index contributed by atoms with van der Waals surface area (Å²) >= 11 is 0. The summed E-state index contributed by atoms with van der Waals surface area (Å²) in [6.45, 7) is 2.87. The van der Waals surface area contributed by atoms with E-state index in [1.807, 2.05) is 6.92 Å². The predicted molar refractivity (Wildman–Crippen MR) is 59.7 cm³/mol. The van der Waals surface area contributed by atoms with E-state index in [4.69, 9.17) is 9.84 Å². The van der Waals surface area contributed by atoms with E-state index in [0.717, 1.165) is 19.3 Å². The minimum Gasteiger partial charge on any atom is -0.479 e. The van der Waals surface area contributed by atoms with E-state index in [0.29, 0.717) is 6.54 Å². The summed E-state index contributed by atoms with van der Waals surface area (Å²) in [6.07, 6.45) is 2.22. The summed E-state index contributed by atoms with van der Waals surface area (Å²) in [4.78, 5) is 24.3. The minimum absolute atomic E-state index is 0.103. The van der Waals surface area contributed by atoms with Gasteiger partial charge < -0.3 is 20.1 Å². The lowest BCUT2D eigenvalue weighted by Gasteiger charge is -2.41. The topological polar surface area (TPSA) is 78.9 Å². The maximum Gasteiger partial charge on any atom is 0.334 e. The third-order valence-corrected chi connectivity index (χ3v) is 3.49. The Bertz CT molecular complexity index is 327. The van der Waals surface area contributed by atoms with Crippen LogP contribution in [0, 0.1) is 0 Å². The number of nitrogens with zero attached hydrogens (tertiary/aromatic N) is 1. The number of carboxylic acid groups (broad SMARTS) is 1. The predicted octanol–water partition coefficient (Wildman–Crippen LogP) is 0.424. The Labute approximate surface area is 99.9 Å². The van der Waals surface area contributed by atoms with Crippen LogP contribution in [0.2, 0.25) is 0 Å². The summed E-state index contributed by atoms with van der Waals surface area (Å²) in [5.74, 6) is -1.02. The first kappa shape index (κ1) is 12.2. The van der Waals surface area contributed by atoms with Crippen molar-refractivity contribution in [3.63, 3.8) is 0 Å². The second-order valence-corrected chi connectivity index (χ2v) is 4.99. The van der Waals surface area contributed by atoms with Crippen molar-refractivity contribution in [2.75, 3.05) is 19.7 Å². The van der Waals surface area contributed by atoms with Crippen LogP contribution in [0.1, 0.15) is 26.2 Å². The standard InChI is InChI=1S/C11H18N2O4/c1-11(3-2-4-11)12-10(16)13-5-6-17-8(7-13)9(14)15/h8H,2-7H2,1H3,(H,12,16)(H,14,15). The lowest BCUT2D eigenvalue weighted by Crippen LogP contribution is -2.58. The second kappa shape index (κ2) is 4.52. The van der Waals surface area contributed by atoms with Gasteiger partial charge in [-0.15, -0.1) is 0 Å². The molecule has 0 aromatic carbocycles. The highest BCUT2D eigenvalue weighted by Gasteiger charge is 2.36. The Balaban J connectivity index is 1.88. The molecule has 1 atom stereocenters. The van der Waals surface area contributed by atoms with Crippen LogP contribution in [0.3, 0.4) is 0 Å². The van der Waals surface area contributed by atoms with Gasteiger partial charge in [0.1, 0.15) is 0 Å². The average molecular weight is 242 g/mol. The number of hydrogen-bond donors (Lipinski definition) is 2. The van der Waals surface area contributed by atoms with Crippen LogP contribution in [0.5, 0.6) is 0 Å². The van der Waals surface area contributed by atoms with E-state index in [1.165, 1.54) is 4.90 Å². The molecule has 6 nitrogen and oxygen atoms in total. The number of morpholine rings is 1. The summed E-state index contributed by atoms with van der Waals surface area (Å²) in [7, 11) is 0. The first-order valence-corrected chi connectivity index (χ1v) is 5.92. The highest BCUT2D eigenvalue weighted by molar-refractivity contribution is 5.78. The first-order chi connectivity index (χ1) is 8.00. The van der Waals surface area contributed by atoms with Gasteiger partial charge in [0.25, 0.3) is 0 Å². The molecule has 1 heterocycles. The molecule has 0 aromatic rings. The fourth-order valence-electron chi connectivity index (χ4n) is 2.15. The van der Waals surface area contributed by atoms with Crippen molar-refractivity contribution in [3.05, 3.63) is 0 Å². The van der Waals surface area contributed by atoms with E-state index in [-0.39, 0.29) is 24.7 Å². The molecular formula is C11H18N2O4. The van der Waals surface area contributed by atoms with E-state index >= 15 is 0 Å². The zero-order valence-corrected chi connectivity index (χ0v) is 9.94. The molecule has 2 fully saturated rings. The Hall–Kier alpha value is -1.30. The van der Waals surface area contributed by atoms with Gasteiger partial charge in [0.05, 0.1) is 13.2 Å². The van der Waals surface area contributed by atoms with Gasteiger partial charge in [-0.3, -0.25) is 0 Å². The molecule has 0 radical (unpaired) electrons. The Kier molecular flexibility index (Phi) is 3.24. The molecule has 0 spiro atoms. The number of urea groups is 1. The molecule has 17 heavy (non-hydrogen) atoms. The Morgan fingerprint density at radius 2 is 2.18 bits per heavy atom. The molecular weight excluding hydrogens is 224 g/mol. The van der Waals surface area contributed by atoms with Crippen LogP contribution in [0.4, 0.5) is 4.79 Å². The van der Waals surface area contributed by atoms with Gasteiger partial charge in [0.2, 0.25) is 0 Å². The van der Waals surface area contributed by atoms with Gasteiger partial charge in [-0.2, -0.15) is 0 Å². The SMILES string of the molecule is CC1(NC(=O)N2CCOC(C(=O)O)C2)CCC1. The number of ether oxygens (including phenoxy) is 1. The molecule has 2 N–H and O–H groups in total. The fourth-order valence-corrected chi connectivity index (χ4v) is 2.15. The lowest BCUT2D eigenvalue weighted by atomic mass is 9.79. The molecule has 0 bridgehead atoms. The molecule has 6 heteroatoms. The highest BCUT2D eigenvalue weighted by atomic mass is 16.5. The van der Waals surface area contributed by atoms with Gasteiger partial charge in [-0.25, -0.2) is 9.59 Å². The van der Waals surface area contributed by atoms with Gasteiger partial charge in [0.15, 0.2) is 6.10 Å². The van der Waals surface area contributed by atoms with Gasteiger partial charge in [-0.05, 0) is 26.2 Å². The average Bonchev–Trinajstić information content (AvgIpc) is 2.27. The van der Waals surface area contributed by atoms with Gasteiger partial charge >= 0.3 is 12.0 Å². The number of aliphatic carboxylic acids is 1. The molecule has 2 amide bonds. The highest BCUT2D eigenvalue weighted by Crippen LogP contribution is 2.31. The van der Waals surface area contributed by atoms with Gasteiger partial charge in [0, 0.05) is 12.1 Å². The number of carbonyl (C=O) groups is 2. The first-order valence-electron chi connectivity index (χ1n) is 5.92. The number of carboxylic acids is 1. The van der Waals surface area contributed by atoms with Crippen LogP contribution in [-0.4, -0.2) is 53.3 Å². The zero-order chi connectivity index (χ0) is 12.5. The number of amides is 2. The second-order valence-electron chi connectivity index (χ2n) is 4.99. The molecule has 1 saturated heterocycles. The van der Waals surface area contributed by atoms with Crippen molar-refractivity contribution in [2.24, 2.45) is 0 Å². The largest absolute Gasteiger partial charge is 0.479 e. The number of rotatable bonds is 2. The van der Waals surface area contributed by atoms with E-state index in [1.54, 1.807) is 0 Å². The minimum atomic E-state index is -1.02. The van der Waals surface area contributed by atoms with Crippen molar-refractivity contribution < 1.29 is 19.4 Å². The van der Waals surface area contributed by atoms with Crippen molar-refractivity contribution >= 4 is 12.0 Å². The van der Waals surface area contributed by atoms with Crippen LogP contribution in [0.15, 0.2) is 0 Å². The molecule has 1 aliphatic heterocycles. The molecule has 2 rings (SSSR count). The normalized spacial score (nSPS) is 27.1. The molecule has 0 aromatic heterocycles. The summed E-state index contributed by atoms with van der Waals surface area (Å²) in [6, 6.07) is -0.179. The quantitative estimate of drug-likeness (QED) is 0.735. The lowest BCUT2D eigenvalue weighted by molar-refractivity contribution is -0.154. The number of hydrogen-bond acceptors (Lipinski definition) is 3. The monoisotopic (exact) mass is 242 g/mol. The van der Waals surface area contributed by atoms with Crippen molar-refractivity contribution in [2.45, 2.75) is 37.8 Å². The molecule has 1 saturated carbocycles. The summed E-state index contributed by atoms with van der Waals surface area (Å²) < 4.78 is 5.07. The summed E-state index contributed by atoms with van der Waals surface area (Å²) in [5, 5.41) is 11.8. The van der Waals surface area contributed by atoms with Crippen LogP contribution < -0.4 is 5.32 Å². The van der Waals surface area contributed by atoms with Crippen molar-refractivity contribution in [1.82, 2.24) is 10.2 Å². The van der Waals surface area contributed by atoms with Crippen molar-refractivity contribution in [3.8, 4) is 0 Å². The van der Waals surface area contributed by atoms with E-state index in [2.05, 4.69) is 5.32 Å². The van der Waals surface area contributed by atoms with Crippen LogP contribution >= 0.6 is 0 Å². The van der Waals surface area contributed by atoms with Gasteiger partial charge in [-0.1, -0.05) is 0 Å². The smallest absolute Gasteiger partial charge is 0.334 e. The molecule has 1 unspecified atom stereocenters. The number of carbonyl (C=O) groups excluding carboxylic acids is 1. The zero-order valence-electron chi connectivity index (χ0n) is 9.94. The number of nitrogens with one attached hydrogen (secondary N) is 1. The van der Waals surface area contributed by atoms with E-state index < -0.39 is 12.1 Å². The van der Waals surface area contributed by atoms with Crippen LogP contribution in [-0.2, 0) is 9.53 Å². The third-order valence-electron chi connectivity index (χ3n) is 3.49. The summed E-state index contributed by atoms with van der Waals surface area (Å²) in [5.41, 5.74) is -0.103. The molecule has 96 valence electrons. The fraction of sp³-hybridized carbons (Fsp3) is 0.818. The maximum absolute atomic E-state index is 11.9. The van der Waals surface area contributed by atoms with Crippen LogP contribution in [0.25, 0.3) is 0 Å². The molecule has 1 aliphatic carbocycles. The Morgan fingerprint density at radius 1 is 1.47 bits per heavy atom. The van der Waals surface area contributed by atoms with Crippen molar-refractivity contribution in [1.29, 1.82) is 0 Å². The Morgan fingerprint density at radius 3 is 2.71 bits per heavy atom. The molecule has 2 aliphatic rings. The van der Waals surface area contributed by atoms with E-state index in [9.17, 15) is 9.59 Å². The maximum atomic E-state index is 11.9. The third kappa shape index (κ3) is 2.69.